The summed E-state index contributed by atoms with van der Waals surface area (Å²) < 4.78 is 25.5. The molecule has 2 heterocycles. The van der Waals surface area contributed by atoms with Crippen molar-refractivity contribution in [3.05, 3.63) is 56.1 Å². The van der Waals surface area contributed by atoms with Crippen LogP contribution in [-0.2, 0) is 21.6 Å². The monoisotopic (exact) mass is 480 g/mol. The number of hydrogen-bond donors (Lipinski definition) is 2. The summed E-state index contributed by atoms with van der Waals surface area (Å²) in [6.45, 7) is 8.62. The number of aliphatic hydroxyl groups excluding tert-OH is 2. The minimum atomic E-state index is -1.14. The molecule has 32 heavy (non-hydrogen) atoms. The van der Waals surface area contributed by atoms with Crippen LogP contribution in [0.15, 0.2) is 56.1 Å². The Bertz CT molecular complexity index is 787. The van der Waals surface area contributed by atoms with Gasteiger partial charge in [-0.3, -0.25) is 0 Å². The summed E-state index contributed by atoms with van der Waals surface area (Å²) in [5.74, 6) is 0. The topological polar surface area (TPSA) is 74.6 Å². The Morgan fingerprint density at radius 3 is 1.41 bits per heavy atom. The molecule has 0 saturated carbocycles. The Labute approximate surface area is 199 Å². The molecule has 2 rings (SSSR count). The predicted molar refractivity (Wildman–Crippen MR) is 136 cm³/mol. The molecule has 2 aliphatic heterocycles. The number of rotatable bonds is 14. The van der Waals surface area contributed by atoms with Gasteiger partial charge in [0.15, 0.2) is 0 Å². The molecule has 2 unspecified atom stereocenters. The Morgan fingerprint density at radius 1 is 0.688 bits per heavy atom. The van der Waals surface area contributed by atoms with Crippen molar-refractivity contribution in [3.63, 3.8) is 0 Å². The van der Waals surface area contributed by atoms with E-state index in [1.807, 2.05) is 36.5 Å². The third kappa shape index (κ3) is 8.36. The van der Waals surface area contributed by atoms with Crippen LogP contribution in [0, 0.1) is 10.8 Å². The highest BCUT2D eigenvalue weighted by molar-refractivity contribution is 7.93. The molecule has 2 atom stereocenters. The summed E-state index contributed by atoms with van der Waals surface area (Å²) >= 11 is 0. The van der Waals surface area contributed by atoms with E-state index in [1.165, 1.54) is 0 Å². The highest BCUT2D eigenvalue weighted by atomic mass is 32.2. The second-order valence-corrected chi connectivity index (χ2v) is 13.4. The molecular formula is C26H40O4S2. The molecule has 0 aromatic heterocycles. The highest BCUT2D eigenvalue weighted by Gasteiger charge is 2.20. The lowest BCUT2D eigenvalue weighted by Gasteiger charge is -2.21. The van der Waals surface area contributed by atoms with Gasteiger partial charge >= 0.3 is 0 Å². The molecule has 0 amide bonds. The molecule has 0 fully saturated rings. The summed E-state index contributed by atoms with van der Waals surface area (Å²) in [7, 11) is -2.28. The van der Waals surface area contributed by atoms with Crippen LogP contribution in [0.1, 0.15) is 79.1 Å². The first kappa shape index (κ1) is 27.2. The minimum absolute atomic E-state index is 0.0527. The van der Waals surface area contributed by atoms with Crippen LogP contribution in [0.25, 0.3) is 0 Å². The zero-order valence-electron chi connectivity index (χ0n) is 20.1. The van der Waals surface area contributed by atoms with Crippen LogP contribution < -0.4 is 0 Å². The van der Waals surface area contributed by atoms with Crippen LogP contribution in [0.2, 0.25) is 0 Å². The Hall–Kier alpha value is -1.08. The normalized spacial score (nSPS) is 21.7. The number of hydrogen-bond acceptors (Lipinski definition) is 4. The van der Waals surface area contributed by atoms with Crippen molar-refractivity contribution in [1.82, 2.24) is 0 Å². The van der Waals surface area contributed by atoms with E-state index in [4.69, 9.17) is 0 Å². The van der Waals surface area contributed by atoms with E-state index in [1.54, 1.807) is 0 Å². The standard InChI is InChI=1S/C26H40O4S2/c1-25(2,19-27)17-7-5-9-21-11-13-23(31(21)29)15-16-24-14-12-22(32(24)30)10-6-8-18-26(3,4)20-28/h11-16,27-28H,5-10,17-20H2,1-4H3/b16-15+. The average Bonchev–Trinajstić information content (AvgIpc) is 3.29. The van der Waals surface area contributed by atoms with Gasteiger partial charge in [-0.05, 0) is 85.8 Å². The SMILES string of the molecule is CC(C)(CO)CCCCC1=CC=C(/C=C/C2=CC=C(CCCCC(C)(C)CO)S2=O)S1=O. The Morgan fingerprint density at radius 2 is 1.06 bits per heavy atom. The first-order valence-electron chi connectivity index (χ1n) is 11.6. The zero-order chi connectivity index (χ0) is 23.8. The van der Waals surface area contributed by atoms with Crippen LogP contribution >= 0.6 is 0 Å². The van der Waals surface area contributed by atoms with Gasteiger partial charge in [-0.25, -0.2) is 8.42 Å². The number of aliphatic hydroxyl groups is 2. The van der Waals surface area contributed by atoms with Crippen molar-refractivity contribution in [2.45, 2.75) is 79.1 Å². The lowest BCUT2D eigenvalue weighted by Crippen LogP contribution is -2.16. The molecule has 0 aromatic rings. The molecule has 4 nitrogen and oxygen atoms in total. The maximum atomic E-state index is 12.7. The minimum Gasteiger partial charge on any atom is -0.396 e. The van der Waals surface area contributed by atoms with Gasteiger partial charge in [0.25, 0.3) is 0 Å². The molecule has 0 aromatic carbocycles. The Kier molecular flexibility index (Phi) is 10.5. The van der Waals surface area contributed by atoms with Gasteiger partial charge in [0.05, 0.1) is 21.6 Å². The maximum absolute atomic E-state index is 12.7. The van der Waals surface area contributed by atoms with Gasteiger partial charge in [-0.1, -0.05) is 40.5 Å². The van der Waals surface area contributed by atoms with Gasteiger partial charge in [-0.15, -0.1) is 0 Å². The molecule has 0 bridgehead atoms. The van der Waals surface area contributed by atoms with E-state index in [0.29, 0.717) is 0 Å². The zero-order valence-corrected chi connectivity index (χ0v) is 21.7. The van der Waals surface area contributed by atoms with Crippen molar-refractivity contribution < 1.29 is 18.6 Å². The first-order valence-corrected chi connectivity index (χ1v) is 13.9. The van der Waals surface area contributed by atoms with Crippen LogP contribution in [0.3, 0.4) is 0 Å². The lowest BCUT2D eigenvalue weighted by molar-refractivity contribution is 0.147. The molecule has 180 valence electrons. The summed E-state index contributed by atoms with van der Waals surface area (Å²) in [4.78, 5) is 3.40. The molecular weight excluding hydrogens is 440 g/mol. The van der Waals surface area contributed by atoms with Crippen LogP contribution in [-0.4, -0.2) is 31.8 Å². The molecule has 0 spiro atoms. The van der Waals surface area contributed by atoms with E-state index in [2.05, 4.69) is 27.7 Å². The third-order valence-electron chi connectivity index (χ3n) is 6.09. The Balaban J connectivity index is 1.73. The van der Waals surface area contributed by atoms with Crippen LogP contribution in [0.4, 0.5) is 0 Å². The fourth-order valence-electron chi connectivity index (χ4n) is 3.61. The van der Waals surface area contributed by atoms with Crippen molar-refractivity contribution in [3.8, 4) is 0 Å². The van der Waals surface area contributed by atoms with E-state index >= 15 is 0 Å². The summed E-state index contributed by atoms with van der Waals surface area (Å²) in [5.41, 5.74) is -0.105. The summed E-state index contributed by atoms with van der Waals surface area (Å²) in [6, 6.07) is 0. The molecule has 0 radical (unpaired) electrons. The molecule has 0 saturated heterocycles. The van der Waals surface area contributed by atoms with Gasteiger partial charge in [0.2, 0.25) is 0 Å². The largest absolute Gasteiger partial charge is 0.396 e. The van der Waals surface area contributed by atoms with Gasteiger partial charge in [-0.2, -0.15) is 0 Å². The van der Waals surface area contributed by atoms with Crippen molar-refractivity contribution in [2.75, 3.05) is 13.2 Å². The summed E-state index contributed by atoms with van der Waals surface area (Å²) in [6.07, 6.45) is 18.8. The van der Waals surface area contributed by atoms with Gasteiger partial charge in [0, 0.05) is 32.8 Å². The van der Waals surface area contributed by atoms with E-state index in [-0.39, 0.29) is 24.0 Å². The predicted octanol–water partition coefficient (Wildman–Crippen LogP) is 5.76. The van der Waals surface area contributed by atoms with Crippen molar-refractivity contribution in [2.24, 2.45) is 10.8 Å². The van der Waals surface area contributed by atoms with E-state index in [0.717, 1.165) is 71.0 Å². The fourth-order valence-corrected chi connectivity index (χ4v) is 6.03. The average molecular weight is 481 g/mol. The van der Waals surface area contributed by atoms with Crippen molar-refractivity contribution in [1.29, 1.82) is 0 Å². The molecule has 6 heteroatoms. The van der Waals surface area contributed by atoms with E-state index in [9.17, 15) is 18.6 Å². The van der Waals surface area contributed by atoms with Crippen LogP contribution in [0.5, 0.6) is 0 Å². The second kappa shape index (κ2) is 12.4. The lowest BCUT2D eigenvalue weighted by atomic mass is 9.88. The third-order valence-corrected chi connectivity index (χ3v) is 9.13. The number of allylic oxidation sites excluding steroid dienone is 8. The highest BCUT2D eigenvalue weighted by Crippen LogP contribution is 2.31. The summed E-state index contributed by atoms with van der Waals surface area (Å²) in [5, 5.41) is 18.7. The quantitative estimate of drug-likeness (QED) is 0.310. The van der Waals surface area contributed by atoms with Gasteiger partial charge in [0.1, 0.15) is 0 Å². The smallest absolute Gasteiger partial charge is 0.0808 e. The van der Waals surface area contributed by atoms with E-state index < -0.39 is 21.6 Å². The molecule has 0 aliphatic carbocycles. The first-order chi connectivity index (χ1) is 15.1. The second-order valence-electron chi connectivity index (χ2n) is 10.3. The number of unbranched alkanes of at least 4 members (excludes halogenated alkanes) is 2. The fraction of sp³-hybridized carbons (Fsp3) is 0.615. The molecule has 2 aliphatic rings. The van der Waals surface area contributed by atoms with Gasteiger partial charge < -0.3 is 10.2 Å². The molecule has 2 N–H and O–H groups in total. The maximum Gasteiger partial charge on any atom is 0.0808 e. The van der Waals surface area contributed by atoms with Crippen molar-refractivity contribution >= 4 is 21.6 Å².